The van der Waals surface area contributed by atoms with Gasteiger partial charge in [-0.2, -0.15) is 0 Å². The number of benzene rings is 1. The van der Waals surface area contributed by atoms with Crippen molar-refractivity contribution in [3.05, 3.63) is 29.8 Å². The van der Waals surface area contributed by atoms with Gasteiger partial charge in [0.25, 0.3) is 0 Å². The molecular weight excluding hydrogens is 282 g/mol. The molecular formula is C17H23NO4. The van der Waals surface area contributed by atoms with Gasteiger partial charge in [0.05, 0.1) is 12.2 Å². The molecule has 120 valence electrons. The summed E-state index contributed by atoms with van der Waals surface area (Å²) in [4.78, 5) is 13.1. The van der Waals surface area contributed by atoms with E-state index in [2.05, 4.69) is 0 Å². The summed E-state index contributed by atoms with van der Waals surface area (Å²) in [6.07, 6.45) is 4.75. The van der Waals surface area contributed by atoms with Gasteiger partial charge in [-0.1, -0.05) is 12.1 Å². The molecule has 1 aromatic carbocycles. The molecule has 0 amide bonds. The van der Waals surface area contributed by atoms with Crippen molar-refractivity contribution in [2.24, 2.45) is 0 Å². The largest absolute Gasteiger partial charge is 0.490 e. The van der Waals surface area contributed by atoms with Gasteiger partial charge in [0, 0.05) is 19.5 Å². The lowest BCUT2D eigenvalue weighted by Crippen LogP contribution is -2.35. The van der Waals surface area contributed by atoms with E-state index >= 15 is 0 Å². The first-order valence-corrected chi connectivity index (χ1v) is 8.02. The number of ether oxygens (including phenoxy) is 1. The Morgan fingerprint density at radius 3 is 2.82 bits per heavy atom. The quantitative estimate of drug-likeness (QED) is 0.871. The van der Waals surface area contributed by atoms with E-state index in [9.17, 15) is 15.0 Å². The van der Waals surface area contributed by atoms with Crippen LogP contribution in [0.25, 0.3) is 0 Å². The summed E-state index contributed by atoms with van der Waals surface area (Å²) in [6.45, 7) is 0.931. The second-order valence-corrected chi connectivity index (χ2v) is 6.34. The summed E-state index contributed by atoms with van der Waals surface area (Å²) >= 11 is 0. The fraction of sp³-hybridized carbons (Fsp3) is 0.588. The molecule has 0 unspecified atom stereocenters. The number of β-amino-alcohol motifs (C(OH)–C–C–N with tert-alkyl or cyclic N) is 1. The van der Waals surface area contributed by atoms with E-state index in [-0.39, 0.29) is 0 Å². The van der Waals surface area contributed by atoms with E-state index in [0.717, 1.165) is 24.2 Å². The first-order chi connectivity index (χ1) is 10.6. The molecule has 3 rings (SSSR count). The van der Waals surface area contributed by atoms with Crippen LogP contribution in [-0.4, -0.2) is 45.9 Å². The predicted molar refractivity (Wildman–Crippen MR) is 81.8 cm³/mol. The summed E-state index contributed by atoms with van der Waals surface area (Å²) in [5.41, 5.74) is 1.02. The Labute approximate surface area is 130 Å². The smallest absolute Gasteiger partial charge is 0.321 e. The molecule has 2 fully saturated rings. The Hall–Kier alpha value is -1.59. The summed E-state index contributed by atoms with van der Waals surface area (Å²) in [7, 11) is 0. The third-order valence-electron chi connectivity index (χ3n) is 4.56. The normalized spacial score (nSPS) is 26.4. The van der Waals surface area contributed by atoms with Gasteiger partial charge in [-0.05, 0) is 43.4 Å². The van der Waals surface area contributed by atoms with E-state index in [4.69, 9.17) is 4.74 Å². The van der Waals surface area contributed by atoms with Gasteiger partial charge >= 0.3 is 5.97 Å². The maximum absolute atomic E-state index is 11.3. The topological polar surface area (TPSA) is 70.0 Å². The Kier molecular flexibility index (Phi) is 4.64. The zero-order valence-corrected chi connectivity index (χ0v) is 12.6. The first-order valence-electron chi connectivity index (χ1n) is 8.02. The van der Waals surface area contributed by atoms with Crippen LogP contribution in [-0.2, 0) is 11.3 Å². The van der Waals surface area contributed by atoms with Crippen LogP contribution in [0, 0.1) is 0 Å². The lowest BCUT2D eigenvalue weighted by Gasteiger charge is -2.21. The fourth-order valence-corrected chi connectivity index (χ4v) is 3.46. The lowest BCUT2D eigenvalue weighted by molar-refractivity contribution is -0.142. The highest BCUT2D eigenvalue weighted by Crippen LogP contribution is 2.26. The number of carbonyl (C=O) groups is 1. The van der Waals surface area contributed by atoms with Gasteiger partial charge in [0.15, 0.2) is 0 Å². The average molecular weight is 305 g/mol. The highest BCUT2D eigenvalue weighted by Gasteiger charge is 2.35. The SMILES string of the molecule is O=C(O)[C@@H]1C[C@@H](O)CN1Cc1cccc(OC2CCCC2)c1. The maximum atomic E-state index is 11.3. The highest BCUT2D eigenvalue weighted by atomic mass is 16.5. The predicted octanol–water partition coefficient (Wildman–Crippen LogP) is 2.03. The molecule has 1 aliphatic heterocycles. The molecule has 1 saturated heterocycles. The van der Waals surface area contributed by atoms with Gasteiger partial charge in [0.1, 0.15) is 11.8 Å². The van der Waals surface area contributed by atoms with Crippen LogP contribution in [0.15, 0.2) is 24.3 Å². The third-order valence-corrected chi connectivity index (χ3v) is 4.56. The second kappa shape index (κ2) is 6.67. The fourth-order valence-electron chi connectivity index (χ4n) is 3.46. The van der Waals surface area contributed by atoms with Gasteiger partial charge in [-0.15, -0.1) is 0 Å². The summed E-state index contributed by atoms with van der Waals surface area (Å²) in [5, 5.41) is 19.0. The number of likely N-dealkylation sites (tertiary alicyclic amines) is 1. The Morgan fingerprint density at radius 1 is 1.32 bits per heavy atom. The summed E-state index contributed by atoms with van der Waals surface area (Å²) < 4.78 is 5.99. The van der Waals surface area contributed by atoms with Crippen LogP contribution in [0.5, 0.6) is 5.75 Å². The Balaban J connectivity index is 1.65. The van der Waals surface area contributed by atoms with Crippen LogP contribution in [0.2, 0.25) is 0 Å². The first kappa shape index (κ1) is 15.3. The molecule has 22 heavy (non-hydrogen) atoms. The maximum Gasteiger partial charge on any atom is 0.321 e. The van der Waals surface area contributed by atoms with Crippen LogP contribution in [0.1, 0.15) is 37.7 Å². The molecule has 0 spiro atoms. The van der Waals surface area contributed by atoms with Gasteiger partial charge in [-0.3, -0.25) is 9.69 Å². The van der Waals surface area contributed by atoms with E-state index < -0.39 is 18.1 Å². The van der Waals surface area contributed by atoms with E-state index in [0.29, 0.717) is 25.6 Å². The minimum Gasteiger partial charge on any atom is -0.490 e. The van der Waals surface area contributed by atoms with Crippen molar-refractivity contribution in [1.82, 2.24) is 4.90 Å². The zero-order valence-electron chi connectivity index (χ0n) is 12.6. The minimum absolute atomic E-state index is 0.299. The van der Waals surface area contributed by atoms with Crippen molar-refractivity contribution in [2.45, 2.75) is 56.9 Å². The number of carboxylic acids is 1. The number of nitrogens with zero attached hydrogens (tertiary/aromatic N) is 1. The van der Waals surface area contributed by atoms with Gasteiger partial charge in [-0.25, -0.2) is 0 Å². The van der Waals surface area contributed by atoms with Crippen molar-refractivity contribution in [1.29, 1.82) is 0 Å². The number of rotatable bonds is 5. The zero-order chi connectivity index (χ0) is 15.5. The molecule has 0 radical (unpaired) electrons. The van der Waals surface area contributed by atoms with E-state index in [1.165, 1.54) is 12.8 Å². The number of aliphatic carboxylic acids is 1. The van der Waals surface area contributed by atoms with E-state index in [1.54, 1.807) is 0 Å². The van der Waals surface area contributed by atoms with E-state index in [1.807, 2.05) is 29.2 Å². The Bertz CT molecular complexity index is 527. The lowest BCUT2D eigenvalue weighted by atomic mass is 10.1. The standard InChI is InChI=1S/C17H23NO4/c19-13-9-16(17(20)21)18(11-13)10-12-4-3-7-15(8-12)22-14-5-1-2-6-14/h3-4,7-8,13-14,16,19H,1-2,5-6,9-11H2,(H,20,21)/t13-,16+/m1/s1. The van der Waals surface area contributed by atoms with Crippen molar-refractivity contribution < 1.29 is 19.7 Å². The third kappa shape index (κ3) is 3.59. The number of carboxylic acid groups (broad SMARTS) is 1. The molecule has 0 bridgehead atoms. The molecule has 1 saturated carbocycles. The van der Waals surface area contributed by atoms with Crippen molar-refractivity contribution in [2.75, 3.05) is 6.54 Å². The van der Waals surface area contributed by atoms with Crippen LogP contribution in [0.4, 0.5) is 0 Å². The molecule has 1 aliphatic carbocycles. The van der Waals surface area contributed by atoms with Crippen molar-refractivity contribution in [3.63, 3.8) is 0 Å². The van der Waals surface area contributed by atoms with Crippen LogP contribution >= 0.6 is 0 Å². The van der Waals surface area contributed by atoms with Gasteiger partial charge < -0.3 is 14.9 Å². The van der Waals surface area contributed by atoms with Crippen LogP contribution < -0.4 is 4.74 Å². The number of hydrogen-bond acceptors (Lipinski definition) is 4. The van der Waals surface area contributed by atoms with Crippen molar-refractivity contribution in [3.8, 4) is 5.75 Å². The minimum atomic E-state index is -0.866. The molecule has 2 N–H and O–H groups in total. The number of aliphatic hydroxyl groups excluding tert-OH is 1. The summed E-state index contributed by atoms with van der Waals surface area (Å²) in [6, 6.07) is 7.26. The highest BCUT2D eigenvalue weighted by molar-refractivity contribution is 5.74. The molecule has 2 atom stereocenters. The molecule has 5 heteroatoms. The average Bonchev–Trinajstić information content (AvgIpc) is 3.09. The summed E-state index contributed by atoms with van der Waals surface area (Å²) in [5.74, 6) is -0.00840. The Morgan fingerprint density at radius 2 is 2.09 bits per heavy atom. The number of hydrogen-bond donors (Lipinski definition) is 2. The van der Waals surface area contributed by atoms with Crippen molar-refractivity contribution >= 4 is 5.97 Å². The molecule has 0 aromatic heterocycles. The monoisotopic (exact) mass is 305 g/mol. The number of aliphatic hydroxyl groups is 1. The molecule has 5 nitrogen and oxygen atoms in total. The molecule has 1 heterocycles. The van der Waals surface area contributed by atoms with Gasteiger partial charge in [0.2, 0.25) is 0 Å². The molecule has 1 aromatic rings. The van der Waals surface area contributed by atoms with Crippen LogP contribution in [0.3, 0.4) is 0 Å². The molecule has 2 aliphatic rings. The second-order valence-electron chi connectivity index (χ2n) is 6.34.